The summed E-state index contributed by atoms with van der Waals surface area (Å²) in [5.74, 6) is 0.157. The number of amides is 1. The van der Waals surface area contributed by atoms with Gasteiger partial charge in [-0.2, -0.15) is 5.10 Å². The summed E-state index contributed by atoms with van der Waals surface area (Å²) in [6, 6.07) is 8.05. The lowest BCUT2D eigenvalue weighted by atomic mass is 10.3. The van der Waals surface area contributed by atoms with E-state index in [0.29, 0.717) is 17.1 Å². The number of benzene rings is 1. The summed E-state index contributed by atoms with van der Waals surface area (Å²) in [7, 11) is 1.52. The number of hydrogen-bond acceptors (Lipinski definition) is 3. The van der Waals surface area contributed by atoms with Crippen LogP contribution in [0.15, 0.2) is 30.3 Å². The van der Waals surface area contributed by atoms with Gasteiger partial charge in [0.25, 0.3) is 6.43 Å². The molecule has 0 aliphatic rings. The number of alkyl halides is 2. The van der Waals surface area contributed by atoms with Crippen LogP contribution < -0.4 is 10.1 Å². The molecule has 0 saturated carbocycles. The van der Waals surface area contributed by atoms with Gasteiger partial charge in [0.1, 0.15) is 18.0 Å². The van der Waals surface area contributed by atoms with Gasteiger partial charge in [-0.25, -0.2) is 8.78 Å². The number of aromatic nitrogens is 2. The van der Waals surface area contributed by atoms with E-state index in [0.717, 1.165) is 4.68 Å². The summed E-state index contributed by atoms with van der Waals surface area (Å²) in [5, 5.41) is 6.51. The van der Waals surface area contributed by atoms with Crippen LogP contribution in [-0.4, -0.2) is 22.8 Å². The molecule has 0 aliphatic carbocycles. The molecule has 0 radical (unpaired) electrons. The Balaban J connectivity index is 2.08. The monoisotopic (exact) mass is 295 g/mol. The molecule has 1 N–H and O–H groups in total. The maximum atomic E-state index is 12.8. The van der Waals surface area contributed by atoms with Crippen LogP contribution >= 0.6 is 0 Å². The Morgan fingerprint density at radius 2 is 2.19 bits per heavy atom. The first-order valence-corrected chi connectivity index (χ1v) is 6.26. The molecule has 1 amide bonds. The van der Waals surface area contributed by atoms with Crippen molar-refractivity contribution in [2.45, 2.75) is 19.9 Å². The fourth-order valence-corrected chi connectivity index (χ4v) is 1.91. The highest BCUT2D eigenvalue weighted by atomic mass is 19.3. The highest BCUT2D eigenvalue weighted by Crippen LogP contribution is 2.20. The van der Waals surface area contributed by atoms with E-state index >= 15 is 0 Å². The van der Waals surface area contributed by atoms with Gasteiger partial charge in [0.15, 0.2) is 0 Å². The zero-order chi connectivity index (χ0) is 15.4. The second kappa shape index (κ2) is 6.34. The Labute approximate surface area is 120 Å². The quantitative estimate of drug-likeness (QED) is 0.922. The second-order valence-electron chi connectivity index (χ2n) is 4.45. The number of anilines is 1. The molecule has 7 heteroatoms. The first-order chi connectivity index (χ1) is 9.99. The normalized spacial score (nSPS) is 10.7. The molecule has 0 fully saturated rings. The summed E-state index contributed by atoms with van der Waals surface area (Å²) in [4.78, 5) is 11.9. The van der Waals surface area contributed by atoms with E-state index in [-0.39, 0.29) is 12.2 Å². The number of rotatable bonds is 5. The number of carbonyl (C=O) groups excluding carboxylic acids is 1. The fourth-order valence-electron chi connectivity index (χ4n) is 1.91. The molecule has 0 aliphatic heterocycles. The molecule has 5 nitrogen and oxygen atoms in total. The predicted molar refractivity (Wildman–Crippen MR) is 73.5 cm³/mol. The molecule has 2 rings (SSSR count). The maximum absolute atomic E-state index is 12.8. The first kappa shape index (κ1) is 15.0. The molecule has 1 aromatic carbocycles. The third-order valence-corrected chi connectivity index (χ3v) is 2.80. The Hall–Kier alpha value is -2.44. The van der Waals surface area contributed by atoms with Crippen molar-refractivity contribution in [3.05, 3.63) is 41.7 Å². The van der Waals surface area contributed by atoms with Crippen molar-refractivity contribution >= 4 is 11.6 Å². The van der Waals surface area contributed by atoms with Crippen molar-refractivity contribution in [1.82, 2.24) is 9.78 Å². The van der Waals surface area contributed by atoms with Crippen LogP contribution in [0.3, 0.4) is 0 Å². The minimum atomic E-state index is -2.67. The largest absolute Gasteiger partial charge is 0.497 e. The Morgan fingerprint density at radius 1 is 1.43 bits per heavy atom. The zero-order valence-electron chi connectivity index (χ0n) is 11.6. The van der Waals surface area contributed by atoms with Gasteiger partial charge < -0.3 is 10.1 Å². The number of aryl methyl sites for hydroxylation is 1. The molecule has 0 saturated heterocycles. The average molecular weight is 295 g/mol. The standard InChI is InChI=1S/C14H15F2N3O2/c1-9-6-12(14(15)16)19(18-9)8-13(20)17-10-4-3-5-11(7-10)21-2/h3-7,14H,8H2,1-2H3,(H,17,20). The van der Waals surface area contributed by atoms with E-state index in [9.17, 15) is 13.6 Å². The molecular weight excluding hydrogens is 280 g/mol. The van der Waals surface area contributed by atoms with Gasteiger partial charge in [0.05, 0.1) is 12.8 Å². The van der Waals surface area contributed by atoms with Gasteiger partial charge in [-0.05, 0) is 25.1 Å². The summed E-state index contributed by atoms with van der Waals surface area (Å²) >= 11 is 0. The molecule has 1 heterocycles. The number of nitrogens with zero attached hydrogens (tertiary/aromatic N) is 2. The molecule has 1 aromatic heterocycles. The second-order valence-corrected chi connectivity index (χ2v) is 4.45. The SMILES string of the molecule is COc1cccc(NC(=O)Cn2nc(C)cc2C(F)F)c1. The molecule has 21 heavy (non-hydrogen) atoms. The summed E-state index contributed by atoms with van der Waals surface area (Å²) < 4.78 is 31.7. The van der Waals surface area contributed by atoms with Crippen LogP contribution in [0.1, 0.15) is 17.8 Å². The molecule has 2 aromatic rings. The van der Waals surface area contributed by atoms with Crippen LogP contribution in [0.4, 0.5) is 14.5 Å². The number of halogens is 2. The van der Waals surface area contributed by atoms with E-state index in [1.807, 2.05) is 0 Å². The Morgan fingerprint density at radius 3 is 2.86 bits per heavy atom. The van der Waals surface area contributed by atoms with Gasteiger partial charge in [0, 0.05) is 11.8 Å². The lowest BCUT2D eigenvalue weighted by molar-refractivity contribution is -0.117. The minimum absolute atomic E-state index is 0.270. The molecule has 0 atom stereocenters. The minimum Gasteiger partial charge on any atom is -0.497 e. The predicted octanol–water partition coefficient (Wildman–Crippen LogP) is 2.78. The van der Waals surface area contributed by atoms with Gasteiger partial charge in [-0.15, -0.1) is 0 Å². The first-order valence-electron chi connectivity index (χ1n) is 6.26. The van der Waals surface area contributed by atoms with Crippen molar-refractivity contribution in [2.75, 3.05) is 12.4 Å². The lowest BCUT2D eigenvalue weighted by Crippen LogP contribution is -2.21. The summed E-state index contributed by atoms with van der Waals surface area (Å²) in [6.45, 7) is 1.33. The van der Waals surface area contributed by atoms with Crippen molar-refractivity contribution in [1.29, 1.82) is 0 Å². The molecule has 0 unspecified atom stereocenters. The van der Waals surface area contributed by atoms with Gasteiger partial charge in [-0.3, -0.25) is 9.48 Å². The van der Waals surface area contributed by atoms with E-state index in [1.54, 1.807) is 31.2 Å². The van der Waals surface area contributed by atoms with Crippen molar-refractivity contribution in [3.8, 4) is 5.75 Å². The summed E-state index contributed by atoms with van der Waals surface area (Å²) in [5.41, 5.74) is 0.703. The fraction of sp³-hybridized carbons (Fsp3) is 0.286. The van der Waals surface area contributed by atoms with Crippen LogP contribution in [0, 0.1) is 6.92 Å². The van der Waals surface area contributed by atoms with E-state index in [1.165, 1.54) is 13.2 Å². The zero-order valence-corrected chi connectivity index (χ0v) is 11.6. The number of ether oxygens (including phenoxy) is 1. The lowest BCUT2D eigenvalue weighted by Gasteiger charge is -2.09. The number of methoxy groups -OCH3 is 1. The Kier molecular flexibility index (Phi) is 4.52. The van der Waals surface area contributed by atoms with Crippen LogP contribution in [-0.2, 0) is 11.3 Å². The van der Waals surface area contributed by atoms with E-state index in [4.69, 9.17) is 4.74 Å². The number of carbonyl (C=O) groups is 1. The third-order valence-electron chi connectivity index (χ3n) is 2.80. The molecular formula is C14H15F2N3O2. The van der Waals surface area contributed by atoms with Crippen molar-refractivity contribution in [3.63, 3.8) is 0 Å². The van der Waals surface area contributed by atoms with Crippen LogP contribution in [0.25, 0.3) is 0 Å². The van der Waals surface area contributed by atoms with Gasteiger partial charge in [0.2, 0.25) is 5.91 Å². The molecule has 0 bridgehead atoms. The van der Waals surface area contributed by atoms with Crippen molar-refractivity contribution in [2.24, 2.45) is 0 Å². The van der Waals surface area contributed by atoms with Gasteiger partial charge in [-0.1, -0.05) is 6.07 Å². The molecule has 112 valence electrons. The summed E-state index contributed by atoms with van der Waals surface area (Å²) in [6.07, 6.45) is -2.67. The number of nitrogens with one attached hydrogen (secondary N) is 1. The smallest absolute Gasteiger partial charge is 0.280 e. The highest BCUT2D eigenvalue weighted by molar-refractivity contribution is 5.90. The van der Waals surface area contributed by atoms with E-state index in [2.05, 4.69) is 10.4 Å². The van der Waals surface area contributed by atoms with Crippen LogP contribution in [0.5, 0.6) is 5.75 Å². The van der Waals surface area contributed by atoms with Crippen molar-refractivity contribution < 1.29 is 18.3 Å². The highest BCUT2D eigenvalue weighted by Gasteiger charge is 2.17. The number of hydrogen-bond donors (Lipinski definition) is 1. The Bertz CT molecular complexity index is 641. The third kappa shape index (κ3) is 3.77. The van der Waals surface area contributed by atoms with Gasteiger partial charge >= 0.3 is 0 Å². The molecule has 0 spiro atoms. The average Bonchev–Trinajstić information content (AvgIpc) is 2.79. The maximum Gasteiger partial charge on any atom is 0.280 e. The van der Waals surface area contributed by atoms with E-state index < -0.39 is 12.3 Å². The topological polar surface area (TPSA) is 56.1 Å². The van der Waals surface area contributed by atoms with Crippen LogP contribution in [0.2, 0.25) is 0 Å².